The average Bonchev–Trinajstić information content (AvgIpc) is 3.11. The molecule has 0 radical (unpaired) electrons. The number of para-hydroxylation sites is 1. The van der Waals surface area contributed by atoms with E-state index >= 15 is 0 Å². The number of hydrogen-bond acceptors (Lipinski definition) is 3. The summed E-state index contributed by atoms with van der Waals surface area (Å²) in [5.41, 5.74) is 1.04. The van der Waals surface area contributed by atoms with Crippen molar-refractivity contribution in [3.05, 3.63) is 63.6 Å². The fourth-order valence-electron chi connectivity index (χ4n) is 3.65. The van der Waals surface area contributed by atoms with Gasteiger partial charge < -0.3 is 10.1 Å². The van der Waals surface area contributed by atoms with Crippen molar-refractivity contribution in [2.75, 3.05) is 13.2 Å². The van der Waals surface area contributed by atoms with Crippen LogP contribution < -0.4 is 10.1 Å². The zero-order valence-electron chi connectivity index (χ0n) is 13.8. The van der Waals surface area contributed by atoms with Crippen LogP contribution in [0.2, 0.25) is 10.0 Å². The molecule has 2 aromatic rings. The maximum atomic E-state index is 13.0. The Kier molecular flexibility index (Phi) is 4.29. The van der Waals surface area contributed by atoms with E-state index in [0.717, 1.165) is 17.5 Å². The maximum absolute atomic E-state index is 13.0. The SMILES string of the molecule is O=C1N[C@@]2(CCc3ccccc32)C(=O)N1CCOc1c(Cl)cccc1Cl. The smallest absolute Gasteiger partial charge is 0.325 e. The fraction of sp³-hybridized carbons (Fsp3) is 0.263. The summed E-state index contributed by atoms with van der Waals surface area (Å²) in [6, 6.07) is 12.4. The molecule has 4 rings (SSSR count). The molecule has 1 spiro atoms. The number of carbonyl (C=O) groups excluding carboxylic acids is 2. The van der Waals surface area contributed by atoms with Crippen molar-refractivity contribution in [1.82, 2.24) is 10.2 Å². The number of benzene rings is 2. The quantitative estimate of drug-likeness (QED) is 0.808. The molecule has 0 unspecified atom stereocenters. The maximum Gasteiger partial charge on any atom is 0.325 e. The van der Waals surface area contributed by atoms with Crippen molar-refractivity contribution in [2.45, 2.75) is 18.4 Å². The van der Waals surface area contributed by atoms with Crippen molar-refractivity contribution in [2.24, 2.45) is 0 Å². The minimum atomic E-state index is -0.949. The number of rotatable bonds is 4. The molecule has 0 aromatic heterocycles. The number of fused-ring (bicyclic) bond motifs is 2. The second kappa shape index (κ2) is 6.49. The topological polar surface area (TPSA) is 58.6 Å². The number of carbonyl (C=O) groups is 2. The number of hydrogen-bond donors (Lipinski definition) is 1. The average molecular weight is 391 g/mol. The predicted octanol–water partition coefficient (Wildman–Crippen LogP) is 3.77. The Morgan fingerprint density at radius 1 is 1.08 bits per heavy atom. The molecule has 2 aliphatic rings. The van der Waals surface area contributed by atoms with Crippen LogP contribution in [-0.2, 0) is 16.8 Å². The molecule has 5 nitrogen and oxygen atoms in total. The van der Waals surface area contributed by atoms with E-state index in [1.54, 1.807) is 18.2 Å². The van der Waals surface area contributed by atoms with E-state index in [-0.39, 0.29) is 19.1 Å². The summed E-state index contributed by atoms with van der Waals surface area (Å²) in [7, 11) is 0. The lowest BCUT2D eigenvalue weighted by Gasteiger charge is -2.22. The molecule has 1 heterocycles. The Morgan fingerprint density at radius 2 is 1.81 bits per heavy atom. The zero-order chi connectivity index (χ0) is 18.3. The van der Waals surface area contributed by atoms with Gasteiger partial charge in [-0.2, -0.15) is 0 Å². The van der Waals surface area contributed by atoms with E-state index in [2.05, 4.69) is 5.32 Å². The highest BCUT2D eigenvalue weighted by molar-refractivity contribution is 6.37. The predicted molar refractivity (Wildman–Crippen MR) is 98.6 cm³/mol. The second-order valence-corrected chi connectivity index (χ2v) is 7.16. The molecular weight excluding hydrogens is 375 g/mol. The molecule has 0 bridgehead atoms. The van der Waals surface area contributed by atoms with Crippen LogP contribution in [-0.4, -0.2) is 30.0 Å². The molecule has 26 heavy (non-hydrogen) atoms. The van der Waals surface area contributed by atoms with E-state index in [0.29, 0.717) is 22.2 Å². The number of nitrogens with zero attached hydrogens (tertiary/aromatic N) is 1. The van der Waals surface area contributed by atoms with E-state index in [1.807, 2.05) is 24.3 Å². The van der Waals surface area contributed by atoms with Gasteiger partial charge in [0.1, 0.15) is 12.1 Å². The van der Waals surface area contributed by atoms with Crippen LogP contribution in [0, 0.1) is 0 Å². The minimum absolute atomic E-state index is 0.111. The van der Waals surface area contributed by atoms with Gasteiger partial charge in [0.05, 0.1) is 16.6 Å². The molecule has 1 N–H and O–H groups in total. The van der Waals surface area contributed by atoms with Gasteiger partial charge in [-0.25, -0.2) is 4.79 Å². The molecule has 7 heteroatoms. The lowest BCUT2D eigenvalue weighted by molar-refractivity contribution is -0.131. The van der Waals surface area contributed by atoms with Crippen molar-refractivity contribution in [3.63, 3.8) is 0 Å². The Morgan fingerprint density at radius 3 is 2.58 bits per heavy atom. The number of halogens is 2. The fourth-order valence-corrected chi connectivity index (χ4v) is 4.16. The Bertz CT molecular complexity index is 882. The molecule has 1 aliphatic heterocycles. The first-order valence-electron chi connectivity index (χ1n) is 8.32. The largest absolute Gasteiger partial charge is 0.489 e. The molecule has 3 amide bonds. The summed E-state index contributed by atoms with van der Waals surface area (Å²) < 4.78 is 5.61. The van der Waals surface area contributed by atoms with Gasteiger partial charge in [0, 0.05) is 0 Å². The molecule has 1 saturated heterocycles. The summed E-state index contributed by atoms with van der Waals surface area (Å²) in [6.07, 6.45) is 1.34. The highest BCUT2D eigenvalue weighted by Crippen LogP contribution is 2.41. The molecule has 134 valence electrons. The summed E-state index contributed by atoms with van der Waals surface area (Å²) in [5, 5.41) is 3.66. The molecule has 1 aliphatic carbocycles. The third-order valence-electron chi connectivity index (χ3n) is 4.90. The van der Waals surface area contributed by atoms with Crippen LogP contribution in [0.15, 0.2) is 42.5 Å². The van der Waals surface area contributed by atoms with Crippen LogP contribution in [0.1, 0.15) is 17.5 Å². The lowest BCUT2D eigenvalue weighted by Crippen LogP contribution is -2.42. The number of amides is 3. The third kappa shape index (κ3) is 2.63. The molecule has 2 aromatic carbocycles. The van der Waals surface area contributed by atoms with Gasteiger partial charge in [0.25, 0.3) is 5.91 Å². The monoisotopic (exact) mass is 390 g/mol. The third-order valence-corrected chi connectivity index (χ3v) is 5.50. The Balaban J connectivity index is 1.49. The Hall–Kier alpha value is -2.24. The van der Waals surface area contributed by atoms with E-state index < -0.39 is 11.6 Å². The van der Waals surface area contributed by atoms with E-state index in [4.69, 9.17) is 27.9 Å². The van der Waals surface area contributed by atoms with Crippen molar-refractivity contribution in [3.8, 4) is 5.75 Å². The molecule has 0 saturated carbocycles. The van der Waals surface area contributed by atoms with Gasteiger partial charge in [-0.3, -0.25) is 9.69 Å². The summed E-state index contributed by atoms with van der Waals surface area (Å²) in [6.45, 7) is 0.233. The van der Waals surface area contributed by atoms with Crippen LogP contribution in [0.4, 0.5) is 4.79 Å². The van der Waals surface area contributed by atoms with Gasteiger partial charge in [-0.1, -0.05) is 53.5 Å². The first-order valence-corrected chi connectivity index (χ1v) is 9.08. The lowest BCUT2D eigenvalue weighted by atomic mass is 9.92. The number of nitrogens with one attached hydrogen (secondary N) is 1. The van der Waals surface area contributed by atoms with Crippen LogP contribution in [0.25, 0.3) is 0 Å². The van der Waals surface area contributed by atoms with Gasteiger partial charge >= 0.3 is 6.03 Å². The standard InChI is InChI=1S/C19H16Cl2N2O3/c20-14-6-3-7-15(21)16(14)26-11-10-23-17(24)19(22-18(23)25)9-8-12-4-1-2-5-13(12)19/h1-7H,8-11H2,(H,22,25)/t19-/m1/s1. The highest BCUT2D eigenvalue weighted by atomic mass is 35.5. The minimum Gasteiger partial charge on any atom is -0.489 e. The number of urea groups is 1. The summed E-state index contributed by atoms with van der Waals surface area (Å²) >= 11 is 12.1. The van der Waals surface area contributed by atoms with Gasteiger partial charge in [0.2, 0.25) is 0 Å². The van der Waals surface area contributed by atoms with Crippen molar-refractivity contribution < 1.29 is 14.3 Å². The van der Waals surface area contributed by atoms with E-state index in [1.165, 1.54) is 4.90 Å². The first-order chi connectivity index (χ1) is 12.5. The summed E-state index contributed by atoms with van der Waals surface area (Å²) in [5.74, 6) is 0.116. The number of imide groups is 1. The van der Waals surface area contributed by atoms with E-state index in [9.17, 15) is 9.59 Å². The normalized spacial score (nSPS) is 21.2. The van der Waals surface area contributed by atoms with Crippen LogP contribution >= 0.6 is 23.2 Å². The van der Waals surface area contributed by atoms with Crippen molar-refractivity contribution >= 4 is 35.1 Å². The Labute approximate surface area is 160 Å². The first kappa shape index (κ1) is 17.2. The number of ether oxygens (including phenoxy) is 1. The second-order valence-electron chi connectivity index (χ2n) is 6.35. The van der Waals surface area contributed by atoms with Crippen LogP contribution in [0.5, 0.6) is 5.75 Å². The highest BCUT2D eigenvalue weighted by Gasteiger charge is 2.55. The molecular formula is C19H16Cl2N2O3. The summed E-state index contributed by atoms with van der Waals surface area (Å²) in [4.78, 5) is 26.6. The van der Waals surface area contributed by atoms with Gasteiger partial charge in [-0.15, -0.1) is 0 Å². The van der Waals surface area contributed by atoms with Crippen molar-refractivity contribution in [1.29, 1.82) is 0 Å². The van der Waals surface area contributed by atoms with Crippen LogP contribution in [0.3, 0.4) is 0 Å². The van der Waals surface area contributed by atoms with Gasteiger partial charge in [-0.05, 0) is 36.1 Å². The number of aryl methyl sites for hydroxylation is 1. The zero-order valence-corrected chi connectivity index (χ0v) is 15.3. The van der Waals surface area contributed by atoms with Gasteiger partial charge in [0.15, 0.2) is 5.75 Å². The molecule has 1 atom stereocenters. The molecule has 1 fully saturated rings.